The summed E-state index contributed by atoms with van der Waals surface area (Å²) in [5.74, 6) is -3.52. The average Bonchev–Trinajstić information content (AvgIpc) is 2.89. The van der Waals surface area contributed by atoms with Crippen molar-refractivity contribution in [2.75, 3.05) is 10.2 Å². The third-order valence-electron chi connectivity index (χ3n) is 3.86. The minimum absolute atomic E-state index is 0.116. The second-order valence-corrected chi connectivity index (χ2v) is 6.71. The molecule has 1 aliphatic heterocycles. The predicted octanol–water partition coefficient (Wildman–Crippen LogP) is 3.65. The van der Waals surface area contributed by atoms with E-state index in [0.717, 1.165) is 4.90 Å². The lowest BCUT2D eigenvalue weighted by molar-refractivity contribution is -0.384. The molecule has 0 saturated carbocycles. The molecule has 1 aliphatic rings. The number of nitro groups is 1. The van der Waals surface area contributed by atoms with E-state index >= 15 is 0 Å². The smallest absolute Gasteiger partial charge is 0.288 e. The van der Waals surface area contributed by atoms with Crippen LogP contribution in [-0.2, 0) is 9.59 Å². The highest BCUT2D eigenvalue weighted by molar-refractivity contribution is 7.99. The summed E-state index contributed by atoms with van der Waals surface area (Å²) < 4.78 is 24.8. The number of nitro benzene ring substituents is 1. The van der Waals surface area contributed by atoms with Gasteiger partial charge in [0.05, 0.1) is 17.0 Å². The van der Waals surface area contributed by atoms with Gasteiger partial charge in [0.1, 0.15) is 6.04 Å². The third kappa shape index (κ3) is 4.22. The van der Waals surface area contributed by atoms with Crippen molar-refractivity contribution in [1.29, 1.82) is 0 Å². The van der Waals surface area contributed by atoms with Crippen LogP contribution in [0, 0.1) is 10.1 Å². The average molecular weight is 393 g/mol. The first-order valence-corrected chi connectivity index (χ1v) is 8.66. The molecule has 0 aromatic heterocycles. The van der Waals surface area contributed by atoms with Crippen LogP contribution in [0.2, 0.25) is 0 Å². The number of nitrogens with zero attached hydrogens (tertiary/aromatic N) is 2. The lowest BCUT2D eigenvalue weighted by Gasteiger charge is -2.16. The minimum atomic E-state index is -2.56. The van der Waals surface area contributed by atoms with Gasteiger partial charge in [0, 0.05) is 22.7 Å². The molecule has 2 aromatic rings. The molecule has 1 heterocycles. The van der Waals surface area contributed by atoms with Gasteiger partial charge in [-0.15, -0.1) is 0 Å². The molecular formula is C17H13F2N3O4S. The molecule has 1 fully saturated rings. The Morgan fingerprint density at radius 3 is 2.52 bits per heavy atom. The molecule has 3 rings (SSSR count). The summed E-state index contributed by atoms with van der Waals surface area (Å²) in [5.41, 5.74) is 0.494. The van der Waals surface area contributed by atoms with Gasteiger partial charge in [0.2, 0.25) is 5.91 Å². The minimum Gasteiger partial charge on any atom is -0.373 e. The van der Waals surface area contributed by atoms with Gasteiger partial charge in [0.15, 0.2) is 0 Å². The fourth-order valence-corrected chi connectivity index (χ4v) is 3.20. The summed E-state index contributed by atoms with van der Waals surface area (Å²) in [6.45, 7) is 0. The number of benzene rings is 2. The number of non-ortho nitro benzene ring substituents is 1. The highest BCUT2D eigenvalue weighted by Gasteiger charge is 2.39. The summed E-state index contributed by atoms with van der Waals surface area (Å²) in [5, 5.41) is 13.7. The predicted molar refractivity (Wildman–Crippen MR) is 95.9 cm³/mol. The molecule has 0 spiro atoms. The first-order valence-electron chi connectivity index (χ1n) is 7.78. The Kier molecular flexibility index (Phi) is 5.36. The number of carbonyl (C=O) groups is 2. The van der Waals surface area contributed by atoms with Gasteiger partial charge >= 0.3 is 0 Å². The van der Waals surface area contributed by atoms with Crippen LogP contribution in [0.3, 0.4) is 0 Å². The summed E-state index contributed by atoms with van der Waals surface area (Å²) in [7, 11) is 0. The Hall–Kier alpha value is -3.01. The second kappa shape index (κ2) is 7.70. The Labute approximate surface area is 156 Å². The molecule has 1 atom stereocenters. The largest absolute Gasteiger partial charge is 0.373 e. The maximum absolute atomic E-state index is 12.6. The van der Waals surface area contributed by atoms with Crippen molar-refractivity contribution in [1.82, 2.24) is 0 Å². The molecule has 1 N–H and O–H groups in total. The quantitative estimate of drug-likeness (QED) is 0.349. The monoisotopic (exact) mass is 393 g/mol. The molecule has 27 heavy (non-hydrogen) atoms. The molecule has 0 aliphatic carbocycles. The van der Waals surface area contributed by atoms with Crippen LogP contribution >= 0.6 is 11.8 Å². The maximum atomic E-state index is 12.6. The maximum Gasteiger partial charge on any atom is 0.288 e. The molecule has 7 nitrogen and oxygen atoms in total. The van der Waals surface area contributed by atoms with E-state index in [0.29, 0.717) is 22.3 Å². The second-order valence-electron chi connectivity index (χ2n) is 5.65. The zero-order chi connectivity index (χ0) is 19.6. The van der Waals surface area contributed by atoms with Crippen LogP contribution in [0.4, 0.5) is 25.8 Å². The molecule has 2 aromatic carbocycles. The van der Waals surface area contributed by atoms with E-state index in [1.807, 2.05) is 0 Å². The van der Waals surface area contributed by atoms with Gasteiger partial charge in [-0.1, -0.05) is 17.8 Å². The number of amides is 2. The van der Waals surface area contributed by atoms with Gasteiger partial charge in [-0.05, 0) is 30.3 Å². The first-order chi connectivity index (χ1) is 12.8. The number of imide groups is 1. The fraction of sp³-hybridized carbons (Fsp3) is 0.176. The van der Waals surface area contributed by atoms with Gasteiger partial charge in [-0.2, -0.15) is 8.78 Å². The standard InChI is InChI=1S/C17H13F2N3O4S/c18-17(19)27-13-6-4-11(5-7-13)21-15(23)9-14(16(21)24)20-10-2-1-3-12(8-10)22(25)26/h1-8,14,17,20H,9H2/t14-/m0/s1. The number of hydrogen-bond donors (Lipinski definition) is 1. The van der Waals surface area contributed by atoms with Crippen molar-refractivity contribution in [3.63, 3.8) is 0 Å². The number of rotatable bonds is 6. The molecule has 0 radical (unpaired) electrons. The number of alkyl halides is 2. The lowest BCUT2D eigenvalue weighted by atomic mass is 10.2. The van der Waals surface area contributed by atoms with Crippen molar-refractivity contribution < 1.29 is 23.3 Å². The zero-order valence-electron chi connectivity index (χ0n) is 13.7. The molecule has 2 amide bonds. The fourth-order valence-electron chi connectivity index (χ4n) is 2.70. The van der Waals surface area contributed by atoms with Crippen LogP contribution in [0.5, 0.6) is 0 Å². The number of carbonyl (C=O) groups excluding carboxylic acids is 2. The first kappa shape index (κ1) is 18.8. The molecule has 0 bridgehead atoms. The van der Waals surface area contributed by atoms with Crippen LogP contribution < -0.4 is 10.2 Å². The zero-order valence-corrected chi connectivity index (χ0v) is 14.5. The van der Waals surface area contributed by atoms with Gasteiger partial charge in [-0.25, -0.2) is 4.90 Å². The van der Waals surface area contributed by atoms with Gasteiger partial charge in [0.25, 0.3) is 17.4 Å². The molecule has 1 saturated heterocycles. The van der Waals surface area contributed by atoms with Crippen molar-refractivity contribution in [3.05, 3.63) is 58.6 Å². The van der Waals surface area contributed by atoms with Crippen LogP contribution in [0.1, 0.15) is 6.42 Å². The lowest BCUT2D eigenvalue weighted by Crippen LogP contribution is -2.34. The number of nitrogens with one attached hydrogen (secondary N) is 1. The van der Waals surface area contributed by atoms with E-state index in [9.17, 15) is 28.5 Å². The molecule has 140 valence electrons. The van der Waals surface area contributed by atoms with Crippen LogP contribution in [-0.4, -0.2) is 28.5 Å². The Morgan fingerprint density at radius 2 is 1.89 bits per heavy atom. The van der Waals surface area contributed by atoms with Crippen molar-refractivity contribution in [2.45, 2.75) is 23.1 Å². The summed E-state index contributed by atoms with van der Waals surface area (Å²) >= 11 is 0.368. The van der Waals surface area contributed by atoms with Gasteiger partial charge < -0.3 is 5.32 Å². The summed E-state index contributed by atoms with van der Waals surface area (Å²) in [6.07, 6.45) is -0.116. The van der Waals surface area contributed by atoms with E-state index in [1.54, 1.807) is 6.07 Å². The molecule has 0 unspecified atom stereocenters. The number of halogens is 2. The van der Waals surface area contributed by atoms with Crippen LogP contribution in [0.15, 0.2) is 53.4 Å². The van der Waals surface area contributed by atoms with Crippen molar-refractivity contribution in [3.8, 4) is 0 Å². The molecule has 10 heteroatoms. The van der Waals surface area contributed by atoms with Crippen molar-refractivity contribution in [2.24, 2.45) is 0 Å². The highest BCUT2D eigenvalue weighted by atomic mass is 32.2. The number of thioether (sulfide) groups is 1. The number of hydrogen-bond acceptors (Lipinski definition) is 6. The van der Waals surface area contributed by atoms with E-state index in [4.69, 9.17) is 0 Å². The van der Waals surface area contributed by atoms with E-state index in [1.165, 1.54) is 42.5 Å². The summed E-state index contributed by atoms with van der Waals surface area (Å²) in [6, 6.07) is 10.4. The Balaban J connectivity index is 1.75. The third-order valence-corrected chi connectivity index (χ3v) is 4.59. The Bertz CT molecular complexity index is 892. The van der Waals surface area contributed by atoms with Gasteiger partial charge in [-0.3, -0.25) is 19.7 Å². The topological polar surface area (TPSA) is 92.5 Å². The SMILES string of the molecule is O=C1C[C@H](Nc2cccc([N+](=O)[O-])c2)C(=O)N1c1ccc(SC(F)F)cc1. The van der Waals surface area contributed by atoms with Crippen LogP contribution in [0.25, 0.3) is 0 Å². The highest BCUT2D eigenvalue weighted by Crippen LogP contribution is 2.30. The summed E-state index contributed by atoms with van der Waals surface area (Å²) in [4.78, 5) is 36.4. The number of anilines is 2. The van der Waals surface area contributed by atoms with E-state index in [2.05, 4.69) is 5.32 Å². The molecular weight excluding hydrogens is 380 g/mol. The van der Waals surface area contributed by atoms with Crippen molar-refractivity contribution >= 4 is 40.6 Å². The normalized spacial score (nSPS) is 16.9. The van der Waals surface area contributed by atoms with E-state index in [-0.39, 0.29) is 17.8 Å². The van der Waals surface area contributed by atoms with E-state index < -0.39 is 28.5 Å². The Morgan fingerprint density at radius 1 is 1.19 bits per heavy atom.